The van der Waals surface area contributed by atoms with Crippen molar-refractivity contribution in [1.29, 1.82) is 0 Å². The Morgan fingerprint density at radius 1 is 1.21 bits per heavy atom. The number of aromatic nitrogens is 4. The number of anilines is 2. The predicted octanol–water partition coefficient (Wildman–Crippen LogP) is 5.09. The summed E-state index contributed by atoms with van der Waals surface area (Å²) in [5, 5.41) is 5.91. The maximum Gasteiger partial charge on any atom is 0.318 e. The van der Waals surface area contributed by atoms with E-state index in [0.717, 1.165) is 52.9 Å². The molecule has 1 saturated carbocycles. The number of ether oxygens (including phenoxy) is 1. The van der Waals surface area contributed by atoms with Crippen molar-refractivity contribution in [2.45, 2.75) is 55.7 Å². The van der Waals surface area contributed by atoms with Crippen LogP contribution in [-0.4, -0.2) is 58.3 Å². The molecule has 1 aromatic carbocycles. The first-order chi connectivity index (χ1) is 18.7. The van der Waals surface area contributed by atoms with Crippen LogP contribution in [0.3, 0.4) is 0 Å². The van der Waals surface area contributed by atoms with Crippen molar-refractivity contribution < 1.29 is 9.53 Å². The van der Waals surface area contributed by atoms with Crippen molar-refractivity contribution >= 4 is 52.4 Å². The first-order valence-electron chi connectivity index (χ1n) is 13.1. The zero-order valence-electron chi connectivity index (χ0n) is 22.2. The van der Waals surface area contributed by atoms with Crippen molar-refractivity contribution in [3.63, 3.8) is 0 Å². The molecule has 0 radical (unpaired) electrons. The first-order valence-corrected chi connectivity index (χ1v) is 14.9. The molecule has 4 heterocycles. The van der Waals surface area contributed by atoms with Gasteiger partial charge in [0.2, 0.25) is 0 Å². The average molecular weight is 589 g/mol. The molecule has 39 heavy (non-hydrogen) atoms. The third-order valence-corrected chi connectivity index (χ3v) is 9.59. The fourth-order valence-corrected chi connectivity index (χ4v) is 7.50. The lowest BCUT2D eigenvalue weighted by Crippen LogP contribution is -2.27. The number of benzene rings is 1. The van der Waals surface area contributed by atoms with Crippen LogP contribution in [0.15, 0.2) is 12.1 Å². The van der Waals surface area contributed by atoms with Gasteiger partial charge in [-0.2, -0.15) is 15.1 Å². The molecular weight excluding hydrogens is 557 g/mol. The second-order valence-corrected chi connectivity index (χ2v) is 12.5. The van der Waals surface area contributed by atoms with Gasteiger partial charge in [0.15, 0.2) is 5.69 Å². The normalized spacial score (nSPS) is 18.8. The van der Waals surface area contributed by atoms with E-state index < -0.39 is 0 Å². The molecule has 9 nitrogen and oxygen atoms in total. The molecule has 3 aliphatic rings. The minimum atomic E-state index is -0.206. The van der Waals surface area contributed by atoms with E-state index in [9.17, 15) is 4.79 Å². The van der Waals surface area contributed by atoms with E-state index in [1.54, 1.807) is 21.2 Å². The van der Waals surface area contributed by atoms with Crippen LogP contribution in [0.1, 0.15) is 69.0 Å². The second-order valence-electron chi connectivity index (χ2n) is 10.5. The van der Waals surface area contributed by atoms with Crippen LogP contribution in [0.4, 0.5) is 11.5 Å². The predicted molar refractivity (Wildman–Crippen MR) is 155 cm³/mol. The highest BCUT2D eigenvalue weighted by Gasteiger charge is 2.35. The van der Waals surface area contributed by atoms with E-state index in [2.05, 4.69) is 16.1 Å². The Kier molecular flexibility index (Phi) is 7.05. The number of methoxy groups -OCH3 is 1. The fraction of sp³-hybridized carbons (Fsp3) is 0.481. The molecule has 0 bridgehead atoms. The number of carbonyl (C=O) groups is 1. The third kappa shape index (κ3) is 4.91. The molecule has 1 fully saturated rings. The lowest BCUT2D eigenvalue weighted by Gasteiger charge is -2.31. The highest BCUT2D eigenvalue weighted by Crippen LogP contribution is 2.51. The fourth-order valence-electron chi connectivity index (χ4n) is 5.52. The number of amides is 1. The maximum absolute atomic E-state index is 12.7. The molecule has 1 atom stereocenters. The van der Waals surface area contributed by atoms with Crippen molar-refractivity contribution in [1.82, 2.24) is 24.6 Å². The molecule has 2 aliphatic heterocycles. The van der Waals surface area contributed by atoms with E-state index in [1.807, 2.05) is 22.5 Å². The second kappa shape index (κ2) is 10.4. The van der Waals surface area contributed by atoms with Gasteiger partial charge in [-0.15, -0.1) is 11.8 Å². The number of hydrogen-bond donors (Lipinski definition) is 1. The standard InChI is InChI=1S/C27H31Cl2N7O2S/c1-34(2)26(37)24-23(29)20-12-35(7-4-8-36(20)33-24)25-17-13-39-21(11-19(17)31-27(32-25)38-3)16-9-15(30)10-18(28)22(16)14-5-6-14/h9-10,14,21H,4-8,11-13,30H2,1-3H3. The van der Waals surface area contributed by atoms with Crippen LogP contribution in [0.25, 0.3) is 0 Å². The number of hydrogen-bond acceptors (Lipinski definition) is 8. The number of thioether (sulfide) groups is 1. The van der Waals surface area contributed by atoms with Gasteiger partial charge < -0.3 is 20.3 Å². The van der Waals surface area contributed by atoms with E-state index >= 15 is 0 Å². The van der Waals surface area contributed by atoms with Crippen LogP contribution >= 0.6 is 35.0 Å². The maximum atomic E-state index is 12.7. The molecule has 1 amide bonds. The van der Waals surface area contributed by atoms with Crippen LogP contribution in [-0.2, 0) is 25.3 Å². The minimum Gasteiger partial charge on any atom is -0.467 e. The molecule has 2 aromatic heterocycles. The summed E-state index contributed by atoms with van der Waals surface area (Å²) in [6, 6.07) is 4.30. The van der Waals surface area contributed by atoms with E-state index in [0.29, 0.717) is 35.7 Å². The summed E-state index contributed by atoms with van der Waals surface area (Å²) in [6.45, 7) is 1.94. The Morgan fingerprint density at radius 2 is 2.00 bits per heavy atom. The monoisotopic (exact) mass is 587 g/mol. The quantitative estimate of drug-likeness (QED) is 0.412. The smallest absolute Gasteiger partial charge is 0.318 e. The van der Waals surface area contributed by atoms with Gasteiger partial charge in [-0.3, -0.25) is 9.48 Å². The zero-order chi connectivity index (χ0) is 27.4. The van der Waals surface area contributed by atoms with Gasteiger partial charge in [-0.05, 0) is 48.4 Å². The van der Waals surface area contributed by atoms with E-state index in [4.69, 9.17) is 43.6 Å². The Balaban J connectivity index is 1.35. The Bertz CT molecular complexity index is 1460. The molecule has 0 saturated heterocycles. The number of nitrogen functional groups attached to an aromatic ring is 1. The van der Waals surface area contributed by atoms with Crippen molar-refractivity contribution in [3.8, 4) is 6.01 Å². The summed E-state index contributed by atoms with van der Waals surface area (Å²) in [4.78, 5) is 26.0. The average Bonchev–Trinajstić information content (AvgIpc) is 3.73. The summed E-state index contributed by atoms with van der Waals surface area (Å²) in [7, 11) is 4.99. The van der Waals surface area contributed by atoms with Crippen LogP contribution in [0.5, 0.6) is 6.01 Å². The van der Waals surface area contributed by atoms with E-state index in [-0.39, 0.29) is 16.9 Å². The summed E-state index contributed by atoms with van der Waals surface area (Å²) < 4.78 is 7.42. The molecule has 3 aromatic rings. The number of fused-ring (bicyclic) bond motifs is 2. The van der Waals surface area contributed by atoms with Gasteiger partial charge in [-0.1, -0.05) is 23.2 Å². The summed E-state index contributed by atoms with van der Waals surface area (Å²) in [5.41, 5.74) is 12.6. The number of aryl methyl sites for hydroxylation is 1. The lowest BCUT2D eigenvalue weighted by atomic mass is 9.96. The third-order valence-electron chi connectivity index (χ3n) is 7.60. The van der Waals surface area contributed by atoms with Crippen LogP contribution < -0.4 is 15.4 Å². The number of carbonyl (C=O) groups excluding carboxylic acids is 1. The molecular formula is C27H31Cl2N7O2S. The first kappa shape index (κ1) is 26.5. The largest absolute Gasteiger partial charge is 0.467 e. The van der Waals surface area contributed by atoms with Gasteiger partial charge in [0.05, 0.1) is 30.1 Å². The van der Waals surface area contributed by atoms with Crippen molar-refractivity contribution in [3.05, 3.63) is 56.0 Å². The van der Waals surface area contributed by atoms with Gasteiger partial charge >= 0.3 is 6.01 Å². The van der Waals surface area contributed by atoms with Crippen LogP contribution in [0, 0.1) is 0 Å². The van der Waals surface area contributed by atoms with Gasteiger partial charge in [0.1, 0.15) is 5.82 Å². The molecule has 12 heteroatoms. The number of halogens is 2. The summed E-state index contributed by atoms with van der Waals surface area (Å²) in [6.07, 6.45) is 3.91. The number of nitrogens with zero attached hydrogens (tertiary/aromatic N) is 6. The van der Waals surface area contributed by atoms with Gasteiger partial charge in [-0.25, -0.2) is 0 Å². The van der Waals surface area contributed by atoms with Crippen molar-refractivity contribution in [2.24, 2.45) is 0 Å². The topological polar surface area (TPSA) is 102 Å². The SMILES string of the molecule is COc1nc2c(c(N3CCCn4nc(C(=O)N(C)C)c(Cl)c4C3)n1)CSC(c1cc(N)cc(Cl)c1C1CC1)C2. The minimum absolute atomic E-state index is 0.196. The molecule has 206 valence electrons. The number of nitrogens with two attached hydrogens (primary N) is 1. The van der Waals surface area contributed by atoms with Gasteiger partial charge in [0, 0.05) is 60.9 Å². The van der Waals surface area contributed by atoms with Gasteiger partial charge in [0.25, 0.3) is 5.91 Å². The highest BCUT2D eigenvalue weighted by molar-refractivity contribution is 7.98. The van der Waals surface area contributed by atoms with Crippen LogP contribution in [0.2, 0.25) is 10.0 Å². The lowest BCUT2D eigenvalue weighted by molar-refractivity contribution is 0.0821. The summed E-state index contributed by atoms with van der Waals surface area (Å²) in [5.74, 6) is 1.91. The Hall–Kier alpha value is -2.69. The molecule has 1 unspecified atom stereocenters. The van der Waals surface area contributed by atoms with Crippen molar-refractivity contribution in [2.75, 3.05) is 38.4 Å². The molecule has 0 spiro atoms. The Morgan fingerprint density at radius 3 is 2.72 bits per heavy atom. The molecule has 2 N–H and O–H groups in total. The zero-order valence-corrected chi connectivity index (χ0v) is 24.5. The summed E-state index contributed by atoms with van der Waals surface area (Å²) >= 11 is 15.3. The highest BCUT2D eigenvalue weighted by atomic mass is 35.5. The van der Waals surface area contributed by atoms with E-state index in [1.165, 1.54) is 28.9 Å². The number of rotatable bonds is 5. The Labute approximate surface area is 242 Å². The molecule has 1 aliphatic carbocycles. The molecule has 6 rings (SSSR count).